The van der Waals surface area contributed by atoms with Crippen molar-refractivity contribution in [3.63, 3.8) is 0 Å². The summed E-state index contributed by atoms with van der Waals surface area (Å²) in [6.07, 6.45) is 5.22. The molecule has 2 N–H and O–H groups in total. The normalized spacial score (nSPS) is 21.2. The molecular weight excluding hydrogens is 646 g/mol. The fourth-order valence-electron chi connectivity index (χ4n) is 7.21. The average Bonchev–Trinajstić information content (AvgIpc) is 3.72. The maximum absolute atomic E-state index is 14.2. The van der Waals surface area contributed by atoms with Crippen LogP contribution >= 0.6 is 15.9 Å². The Balaban J connectivity index is 1.15. The highest BCUT2D eigenvalue weighted by Gasteiger charge is 2.52. The Labute approximate surface area is 275 Å². The first kappa shape index (κ1) is 30.3. The number of aliphatic hydroxyl groups excluding tert-OH is 1. The van der Waals surface area contributed by atoms with Crippen LogP contribution in [-0.4, -0.2) is 52.0 Å². The summed E-state index contributed by atoms with van der Waals surface area (Å²) in [6, 6.07) is 24.5. The second-order valence-electron chi connectivity index (χ2n) is 12.3. The minimum atomic E-state index is -1.85. The smallest absolute Gasteiger partial charge is 0.264 e. The fraction of sp³-hybridized carbons (Fsp3) is 0.270. The number of hydrogen-bond donors (Lipinski definition) is 2. The van der Waals surface area contributed by atoms with Crippen molar-refractivity contribution in [2.45, 2.75) is 44.4 Å². The number of halogens is 1. The molecule has 8 nitrogen and oxygen atoms in total. The Morgan fingerprint density at radius 3 is 2.63 bits per heavy atom. The molecule has 1 fully saturated rings. The van der Waals surface area contributed by atoms with Gasteiger partial charge in [0.25, 0.3) is 11.8 Å². The van der Waals surface area contributed by atoms with Crippen LogP contribution < -0.4 is 9.80 Å². The lowest BCUT2D eigenvalue weighted by Crippen LogP contribution is -2.44. The highest BCUT2D eigenvalue weighted by molar-refractivity contribution is 9.10. The van der Waals surface area contributed by atoms with Gasteiger partial charge >= 0.3 is 0 Å². The third-order valence-corrected chi connectivity index (χ3v) is 10.1. The van der Waals surface area contributed by atoms with Gasteiger partial charge in [0.1, 0.15) is 0 Å². The van der Waals surface area contributed by atoms with Crippen molar-refractivity contribution in [3.05, 3.63) is 112 Å². The number of anilines is 3. The van der Waals surface area contributed by atoms with E-state index in [2.05, 4.69) is 15.9 Å². The molecule has 4 aromatic carbocycles. The minimum absolute atomic E-state index is 0.0529. The standard InChI is InChI=1S/C37H34BrN3O5/c1-23(7-2-15-33(43)39-18-6-12-28(39)22-42)37(46)30-20-26(38)16-17-31(30)40(36(37)45)21-24-8-3-11-27(19-24)41-32-14-5-10-25-9-4-13-29(34(25)32)35(41)44/h2-5,7-11,13-14,16-17,19-20,23,28,42,46H,6,12,15,18,21-22H2,1H3/b7-2+/t23-,28-,37+/m0/s1. The molecule has 3 atom stereocenters. The van der Waals surface area contributed by atoms with Crippen LogP contribution in [0.1, 0.15) is 47.7 Å². The largest absolute Gasteiger partial charge is 0.394 e. The Hall–Kier alpha value is -4.31. The summed E-state index contributed by atoms with van der Waals surface area (Å²) in [6.45, 7) is 2.54. The SMILES string of the molecule is C[C@@H](/C=C/CC(=O)N1CCC[C@H]1CO)[C@]1(O)C(=O)N(Cc2cccc(N3C(=O)c4cccc5cccc3c45)c2)c2ccc(Br)cc21. The summed E-state index contributed by atoms with van der Waals surface area (Å²) in [5.41, 5.74) is 2.24. The minimum Gasteiger partial charge on any atom is -0.394 e. The number of likely N-dealkylation sites (tertiary alicyclic amines) is 1. The van der Waals surface area contributed by atoms with E-state index >= 15 is 0 Å². The highest BCUT2D eigenvalue weighted by Crippen LogP contribution is 2.47. The highest BCUT2D eigenvalue weighted by atomic mass is 79.9. The van der Waals surface area contributed by atoms with E-state index in [1.54, 1.807) is 39.8 Å². The number of aliphatic hydroxyl groups is 2. The van der Waals surface area contributed by atoms with Crippen molar-refractivity contribution in [3.8, 4) is 0 Å². The molecule has 0 bridgehead atoms. The first-order valence-electron chi connectivity index (χ1n) is 15.6. The van der Waals surface area contributed by atoms with Crippen LogP contribution in [0.25, 0.3) is 10.8 Å². The number of hydrogen-bond acceptors (Lipinski definition) is 5. The third kappa shape index (κ3) is 4.85. The van der Waals surface area contributed by atoms with Gasteiger partial charge < -0.3 is 20.0 Å². The molecule has 0 unspecified atom stereocenters. The van der Waals surface area contributed by atoms with Gasteiger partial charge in [-0.3, -0.25) is 19.3 Å². The molecule has 9 heteroatoms. The molecule has 0 saturated carbocycles. The molecule has 1 saturated heterocycles. The lowest BCUT2D eigenvalue weighted by Gasteiger charge is -2.28. The van der Waals surface area contributed by atoms with Gasteiger partial charge in [-0.25, -0.2) is 0 Å². The van der Waals surface area contributed by atoms with E-state index in [0.29, 0.717) is 29.0 Å². The molecular formula is C37H34BrN3O5. The van der Waals surface area contributed by atoms with Crippen molar-refractivity contribution in [1.82, 2.24) is 4.90 Å². The summed E-state index contributed by atoms with van der Waals surface area (Å²) in [7, 11) is 0. The number of rotatable bonds is 8. The van der Waals surface area contributed by atoms with Crippen LogP contribution in [-0.2, 0) is 21.7 Å². The van der Waals surface area contributed by atoms with Crippen molar-refractivity contribution in [1.29, 1.82) is 0 Å². The molecule has 0 aliphatic carbocycles. The molecule has 0 radical (unpaired) electrons. The number of nitrogens with zero attached hydrogens (tertiary/aromatic N) is 3. The average molecular weight is 681 g/mol. The monoisotopic (exact) mass is 679 g/mol. The Bertz CT molecular complexity index is 1920. The van der Waals surface area contributed by atoms with Gasteiger partial charge in [0, 0.05) is 40.0 Å². The van der Waals surface area contributed by atoms with Crippen LogP contribution in [0.15, 0.2) is 95.5 Å². The number of carbonyl (C=O) groups is 3. The Kier molecular flexibility index (Phi) is 7.79. The van der Waals surface area contributed by atoms with E-state index < -0.39 is 17.4 Å². The zero-order valence-electron chi connectivity index (χ0n) is 25.4. The molecule has 4 aromatic rings. The lowest BCUT2D eigenvalue weighted by molar-refractivity contribution is -0.139. The van der Waals surface area contributed by atoms with Crippen molar-refractivity contribution < 1.29 is 24.6 Å². The predicted molar refractivity (Wildman–Crippen MR) is 181 cm³/mol. The maximum Gasteiger partial charge on any atom is 0.264 e. The van der Waals surface area contributed by atoms with Crippen molar-refractivity contribution in [2.24, 2.45) is 5.92 Å². The second-order valence-corrected chi connectivity index (χ2v) is 13.2. The molecule has 0 spiro atoms. The van der Waals surface area contributed by atoms with Gasteiger partial charge in [0.15, 0.2) is 5.60 Å². The Morgan fingerprint density at radius 2 is 1.83 bits per heavy atom. The molecule has 3 amide bonds. The zero-order valence-corrected chi connectivity index (χ0v) is 27.0. The van der Waals surface area contributed by atoms with Gasteiger partial charge in [-0.2, -0.15) is 0 Å². The lowest BCUT2D eigenvalue weighted by atomic mass is 9.83. The van der Waals surface area contributed by atoms with Gasteiger partial charge in [0.2, 0.25) is 5.91 Å². The van der Waals surface area contributed by atoms with Crippen LogP contribution in [0, 0.1) is 5.92 Å². The zero-order chi connectivity index (χ0) is 32.2. The fourth-order valence-corrected chi connectivity index (χ4v) is 7.57. The first-order chi connectivity index (χ1) is 22.2. The summed E-state index contributed by atoms with van der Waals surface area (Å²) in [5.74, 6) is -1.26. The van der Waals surface area contributed by atoms with E-state index in [-0.39, 0.29) is 37.4 Å². The van der Waals surface area contributed by atoms with Crippen LogP contribution in [0.2, 0.25) is 0 Å². The molecule has 46 heavy (non-hydrogen) atoms. The second kappa shape index (κ2) is 11.8. The van der Waals surface area contributed by atoms with E-state index in [9.17, 15) is 24.6 Å². The summed E-state index contributed by atoms with van der Waals surface area (Å²) < 4.78 is 0.734. The first-order valence-corrected chi connectivity index (χ1v) is 16.4. The van der Waals surface area contributed by atoms with Gasteiger partial charge in [-0.1, -0.05) is 71.4 Å². The molecule has 3 aliphatic rings. The van der Waals surface area contributed by atoms with E-state index in [4.69, 9.17) is 0 Å². The van der Waals surface area contributed by atoms with Crippen molar-refractivity contribution in [2.75, 3.05) is 23.0 Å². The van der Waals surface area contributed by atoms with E-state index in [0.717, 1.165) is 39.3 Å². The quantitative estimate of drug-likeness (QED) is 0.216. The van der Waals surface area contributed by atoms with Gasteiger partial charge in [-0.05, 0) is 66.3 Å². The molecule has 3 heterocycles. The molecule has 3 aliphatic heterocycles. The van der Waals surface area contributed by atoms with Crippen LogP contribution in [0.3, 0.4) is 0 Å². The number of carbonyl (C=O) groups excluding carboxylic acids is 3. The number of amides is 3. The summed E-state index contributed by atoms with van der Waals surface area (Å²) in [5, 5.41) is 23.6. The molecule has 234 valence electrons. The number of benzene rings is 4. The van der Waals surface area contributed by atoms with Gasteiger partial charge in [-0.15, -0.1) is 0 Å². The van der Waals surface area contributed by atoms with Crippen LogP contribution in [0.4, 0.5) is 17.1 Å². The summed E-state index contributed by atoms with van der Waals surface area (Å²) in [4.78, 5) is 45.5. The van der Waals surface area contributed by atoms with Crippen molar-refractivity contribution >= 4 is 61.5 Å². The summed E-state index contributed by atoms with van der Waals surface area (Å²) >= 11 is 3.50. The van der Waals surface area contributed by atoms with Gasteiger partial charge in [0.05, 0.1) is 36.1 Å². The molecule has 0 aromatic heterocycles. The number of fused-ring (bicyclic) bond motifs is 1. The van der Waals surface area contributed by atoms with E-state index in [1.807, 2.05) is 72.8 Å². The van der Waals surface area contributed by atoms with Crippen LogP contribution in [0.5, 0.6) is 0 Å². The third-order valence-electron chi connectivity index (χ3n) is 9.58. The van der Waals surface area contributed by atoms with E-state index in [1.165, 1.54) is 0 Å². The Morgan fingerprint density at radius 1 is 1.04 bits per heavy atom. The predicted octanol–water partition coefficient (Wildman–Crippen LogP) is 6.19. The topological polar surface area (TPSA) is 101 Å². The maximum atomic E-state index is 14.2. The molecule has 7 rings (SSSR count).